The lowest BCUT2D eigenvalue weighted by atomic mass is 9.67. The average Bonchev–Trinajstić information content (AvgIpc) is 2.74. The van der Waals surface area contributed by atoms with Gasteiger partial charge >= 0.3 is 5.97 Å². The SMILES string of the molecule is CC1=C[C@H](OC(=O)c2ccc(O)cc2)[C@@H]2[C@@](C)(CC1=O)[C@H](O)C[C@@]2(O)C(C)C. The van der Waals surface area contributed by atoms with Gasteiger partial charge in [-0.3, -0.25) is 4.79 Å². The zero-order valence-electron chi connectivity index (χ0n) is 16.7. The molecule has 28 heavy (non-hydrogen) atoms. The van der Waals surface area contributed by atoms with Crippen LogP contribution in [0.5, 0.6) is 5.75 Å². The summed E-state index contributed by atoms with van der Waals surface area (Å²) in [6, 6.07) is 5.69. The molecule has 5 atom stereocenters. The predicted octanol–water partition coefficient (Wildman–Crippen LogP) is 2.61. The Morgan fingerprint density at radius 1 is 1.25 bits per heavy atom. The molecule has 2 aliphatic rings. The highest BCUT2D eigenvalue weighted by atomic mass is 16.5. The molecule has 3 N–H and O–H groups in total. The molecule has 1 aromatic rings. The van der Waals surface area contributed by atoms with Crippen molar-refractivity contribution in [2.75, 3.05) is 0 Å². The number of phenols is 1. The number of ketones is 1. The lowest BCUT2D eigenvalue weighted by Crippen LogP contribution is -2.50. The number of ether oxygens (including phenoxy) is 1. The Labute approximate surface area is 164 Å². The van der Waals surface area contributed by atoms with Crippen LogP contribution in [0.25, 0.3) is 0 Å². The first-order valence-electron chi connectivity index (χ1n) is 9.61. The second kappa shape index (κ2) is 7.01. The first-order chi connectivity index (χ1) is 13.0. The first kappa shape index (κ1) is 20.6. The van der Waals surface area contributed by atoms with Crippen LogP contribution in [0.15, 0.2) is 35.9 Å². The summed E-state index contributed by atoms with van der Waals surface area (Å²) >= 11 is 0. The minimum absolute atomic E-state index is 0.0352. The zero-order chi connectivity index (χ0) is 20.9. The Balaban J connectivity index is 2.03. The zero-order valence-corrected chi connectivity index (χ0v) is 16.7. The van der Waals surface area contributed by atoms with Crippen molar-refractivity contribution in [3.05, 3.63) is 41.5 Å². The van der Waals surface area contributed by atoms with Crippen LogP contribution in [0.2, 0.25) is 0 Å². The van der Waals surface area contributed by atoms with Gasteiger partial charge in [0.2, 0.25) is 0 Å². The predicted molar refractivity (Wildman–Crippen MR) is 103 cm³/mol. The molecule has 0 bridgehead atoms. The van der Waals surface area contributed by atoms with Crippen molar-refractivity contribution in [2.24, 2.45) is 17.3 Å². The van der Waals surface area contributed by atoms with E-state index in [4.69, 9.17) is 4.74 Å². The van der Waals surface area contributed by atoms with Crippen LogP contribution in [0, 0.1) is 17.3 Å². The van der Waals surface area contributed by atoms with Crippen molar-refractivity contribution in [1.82, 2.24) is 0 Å². The van der Waals surface area contributed by atoms with Gasteiger partial charge in [-0.25, -0.2) is 4.79 Å². The maximum atomic E-state index is 12.7. The monoisotopic (exact) mass is 388 g/mol. The summed E-state index contributed by atoms with van der Waals surface area (Å²) < 4.78 is 5.77. The molecule has 6 nitrogen and oxygen atoms in total. The summed E-state index contributed by atoms with van der Waals surface area (Å²) in [5.41, 5.74) is -1.48. The van der Waals surface area contributed by atoms with E-state index in [1.807, 2.05) is 13.8 Å². The van der Waals surface area contributed by atoms with Crippen molar-refractivity contribution in [2.45, 2.75) is 58.3 Å². The smallest absolute Gasteiger partial charge is 0.338 e. The van der Waals surface area contributed by atoms with E-state index in [0.717, 1.165) is 0 Å². The van der Waals surface area contributed by atoms with E-state index in [0.29, 0.717) is 5.57 Å². The summed E-state index contributed by atoms with van der Waals surface area (Å²) in [7, 11) is 0. The topological polar surface area (TPSA) is 104 Å². The quantitative estimate of drug-likeness (QED) is 0.688. The molecular weight excluding hydrogens is 360 g/mol. The third kappa shape index (κ3) is 3.25. The highest BCUT2D eigenvalue weighted by molar-refractivity contribution is 5.96. The van der Waals surface area contributed by atoms with Crippen molar-refractivity contribution in [3.8, 4) is 5.75 Å². The molecule has 0 spiro atoms. The summed E-state index contributed by atoms with van der Waals surface area (Å²) in [4.78, 5) is 25.3. The largest absolute Gasteiger partial charge is 0.508 e. The summed E-state index contributed by atoms with van der Waals surface area (Å²) in [6.45, 7) is 7.17. The van der Waals surface area contributed by atoms with Gasteiger partial charge in [0.1, 0.15) is 11.9 Å². The standard InChI is InChI=1S/C22H28O6/c1-12(2)22(27)11-18(25)21(4)10-16(24)13(3)9-17(19(21)22)28-20(26)14-5-7-15(23)8-6-14/h5-9,12,17-19,23,25,27H,10-11H2,1-4H3/t17-,18+,19+,21-,22+/m0/s1. The number of hydrogen-bond donors (Lipinski definition) is 3. The maximum Gasteiger partial charge on any atom is 0.338 e. The summed E-state index contributed by atoms with van der Waals surface area (Å²) in [6.07, 6.45) is 0.0651. The molecule has 1 aromatic carbocycles. The molecule has 1 saturated carbocycles. The Bertz CT molecular complexity index is 811. The number of rotatable bonds is 3. The molecule has 0 aliphatic heterocycles. The summed E-state index contributed by atoms with van der Waals surface area (Å²) in [5, 5.41) is 31.7. The molecule has 3 rings (SSSR count). The fourth-order valence-electron chi connectivity index (χ4n) is 4.74. The van der Waals surface area contributed by atoms with Gasteiger partial charge < -0.3 is 20.1 Å². The van der Waals surface area contributed by atoms with Gasteiger partial charge in [-0.15, -0.1) is 0 Å². The second-order valence-electron chi connectivity index (χ2n) is 8.72. The van der Waals surface area contributed by atoms with Gasteiger partial charge in [0, 0.05) is 24.2 Å². The number of allylic oxidation sites excluding steroid dienone is 1. The van der Waals surface area contributed by atoms with Gasteiger partial charge in [-0.2, -0.15) is 0 Å². The van der Waals surface area contributed by atoms with Gasteiger partial charge in [0.05, 0.1) is 17.3 Å². The fourth-order valence-corrected chi connectivity index (χ4v) is 4.74. The number of fused-ring (bicyclic) bond motifs is 1. The highest BCUT2D eigenvalue weighted by Gasteiger charge is 2.64. The number of Topliss-reactive ketones (excluding diaryl/α,β-unsaturated/α-hetero) is 1. The minimum atomic E-state index is -1.28. The first-order valence-corrected chi connectivity index (χ1v) is 9.61. The van der Waals surface area contributed by atoms with E-state index in [-0.39, 0.29) is 35.9 Å². The van der Waals surface area contributed by atoms with E-state index in [9.17, 15) is 24.9 Å². The Morgan fingerprint density at radius 2 is 1.86 bits per heavy atom. The molecule has 0 aromatic heterocycles. The Hall–Kier alpha value is -2.18. The van der Waals surface area contributed by atoms with E-state index >= 15 is 0 Å². The van der Waals surface area contributed by atoms with E-state index in [2.05, 4.69) is 0 Å². The van der Waals surface area contributed by atoms with Crippen LogP contribution in [0.1, 0.15) is 50.9 Å². The molecule has 0 radical (unpaired) electrons. The molecule has 152 valence electrons. The molecule has 2 aliphatic carbocycles. The van der Waals surface area contributed by atoms with Crippen LogP contribution in [0.4, 0.5) is 0 Å². The van der Waals surface area contributed by atoms with Gasteiger partial charge in [-0.1, -0.05) is 20.8 Å². The number of carbonyl (C=O) groups excluding carboxylic acids is 2. The third-order valence-electron chi connectivity index (χ3n) is 6.60. The average molecular weight is 388 g/mol. The van der Waals surface area contributed by atoms with Crippen molar-refractivity contribution < 1.29 is 29.6 Å². The number of benzene rings is 1. The maximum absolute atomic E-state index is 12.7. The minimum Gasteiger partial charge on any atom is -0.508 e. The molecule has 1 fully saturated rings. The number of esters is 1. The van der Waals surface area contributed by atoms with Crippen LogP contribution >= 0.6 is 0 Å². The number of carbonyl (C=O) groups is 2. The van der Waals surface area contributed by atoms with Gasteiger partial charge in [0.25, 0.3) is 0 Å². The van der Waals surface area contributed by atoms with Crippen LogP contribution in [-0.2, 0) is 9.53 Å². The molecule has 0 saturated heterocycles. The lowest BCUT2D eigenvalue weighted by Gasteiger charge is -2.42. The number of aliphatic hydroxyl groups is 2. The number of phenolic OH excluding ortho intramolecular Hbond substituents is 1. The van der Waals surface area contributed by atoms with Crippen molar-refractivity contribution >= 4 is 11.8 Å². The molecule has 0 amide bonds. The van der Waals surface area contributed by atoms with Crippen LogP contribution in [0.3, 0.4) is 0 Å². The molecule has 6 heteroatoms. The lowest BCUT2D eigenvalue weighted by molar-refractivity contribution is -0.124. The van der Waals surface area contributed by atoms with E-state index in [1.165, 1.54) is 24.3 Å². The molecular formula is C22H28O6. The van der Waals surface area contributed by atoms with E-state index < -0.39 is 35.1 Å². The van der Waals surface area contributed by atoms with E-state index in [1.54, 1.807) is 19.9 Å². The van der Waals surface area contributed by atoms with Crippen molar-refractivity contribution in [1.29, 1.82) is 0 Å². The van der Waals surface area contributed by atoms with Crippen LogP contribution < -0.4 is 0 Å². The fraction of sp³-hybridized carbons (Fsp3) is 0.545. The van der Waals surface area contributed by atoms with Gasteiger partial charge in [-0.05, 0) is 48.8 Å². The molecule has 0 unspecified atom stereocenters. The highest BCUT2D eigenvalue weighted by Crippen LogP contribution is 2.57. The normalized spacial score (nSPS) is 35.3. The Kier molecular flexibility index (Phi) is 5.15. The van der Waals surface area contributed by atoms with Gasteiger partial charge in [0.15, 0.2) is 5.78 Å². The Morgan fingerprint density at radius 3 is 2.43 bits per heavy atom. The number of aromatic hydroxyl groups is 1. The van der Waals surface area contributed by atoms with Crippen LogP contribution in [-0.4, -0.2) is 44.9 Å². The summed E-state index contributed by atoms with van der Waals surface area (Å²) in [5.74, 6) is -1.53. The number of aliphatic hydroxyl groups excluding tert-OH is 1. The second-order valence-corrected chi connectivity index (χ2v) is 8.72. The van der Waals surface area contributed by atoms with Crippen molar-refractivity contribution in [3.63, 3.8) is 0 Å². The number of hydrogen-bond acceptors (Lipinski definition) is 6. The molecule has 0 heterocycles. The third-order valence-corrected chi connectivity index (χ3v) is 6.60.